The maximum atomic E-state index is 8.36. The van der Waals surface area contributed by atoms with Crippen molar-refractivity contribution in [2.75, 3.05) is 0 Å². The summed E-state index contributed by atoms with van der Waals surface area (Å²) in [7, 11) is 0. The molecule has 0 aliphatic rings. The van der Waals surface area contributed by atoms with Gasteiger partial charge in [-0.25, -0.2) is 0 Å². The molecule has 0 unspecified atom stereocenters. The predicted octanol–water partition coefficient (Wildman–Crippen LogP) is -7.77. The van der Waals surface area contributed by atoms with Crippen molar-refractivity contribution >= 4 is 0 Å². The van der Waals surface area contributed by atoms with Crippen LogP contribution in [-0.4, -0.2) is 59.6 Å². The van der Waals surface area contributed by atoms with Gasteiger partial charge >= 0.3 is 0 Å². The van der Waals surface area contributed by atoms with Gasteiger partial charge in [0.1, 0.15) is 0 Å². The SMILES string of the molecule is O.O.O.O.O.O.O.O.O.O=[N+]([O-])O.[Zn]. The van der Waals surface area contributed by atoms with Crippen molar-refractivity contribution in [1.82, 2.24) is 0 Å². The van der Waals surface area contributed by atoms with Crippen molar-refractivity contribution in [2.24, 2.45) is 0 Å². The Bertz CT molecular complexity index is 33.3. The van der Waals surface area contributed by atoms with E-state index in [4.69, 9.17) is 15.3 Å². The van der Waals surface area contributed by atoms with E-state index >= 15 is 0 Å². The minimum absolute atomic E-state index is 0. The molecule has 0 saturated carbocycles. The monoisotopic (exact) mass is 289 g/mol. The Kier molecular flexibility index (Phi) is 6640. The Balaban J connectivity index is -0.000000001000. The molecule has 14 heteroatoms. The molecule has 0 aliphatic heterocycles. The Morgan fingerprint density at radius 3 is 0.714 bits per heavy atom. The molecule has 0 amide bonds. The first-order valence-corrected chi connectivity index (χ1v) is 0.565. The topological polar surface area (TPSA) is 347 Å². The number of rotatable bonds is 0. The van der Waals surface area contributed by atoms with Gasteiger partial charge in [-0.1, -0.05) is 0 Å². The smallest absolute Gasteiger partial charge is 0.291 e. The molecular formula is H19NO12Zn. The van der Waals surface area contributed by atoms with Crippen molar-refractivity contribution < 1.29 is 79.1 Å². The maximum absolute atomic E-state index is 8.36. The van der Waals surface area contributed by atoms with Crippen LogP contribution in [0.25, 0.3) is 0 Å². The van der Waals surface area contributed by atoms with Crippen molar-refractivity contribution in [3.8, 4) is 0 Å². The minimum atomic E-state index is -1.50. The van der Waals surface area contributed by atoms with Crippen molar-refractivity contribution in [1.29, 1.82) is 0 Å². The molecule has 0 atom stereocenters. The van der Waals surface area contributed by atoms with Crippen LogP contribution in [0.5, 0.6) is 0 Å². The quantitative estimate of drug-likeness (QED) is 0.258. The third-order valence-electron chi connectivity index (χ3n) is 0. The molecule has 0 aromatic rings. The molecule has 14 heavy (non-hydrogen) atoms. The Morgan fingerprint density at radius 1 is 0.714 bits per heavy atom. The van der Waals surface area contributed by atoms with Gasteiger partial charge in [0.25, 0.3) is 5.09 Å². The average molecular weight is 291 g/mol. The van der Waals surface area contributed by atoms with Gasteiger partial charge in [0.05, 0.1) is 0 Å². The van der Waals surface area contributed by atoms with Crippen LogP contribution in [0.4, 0.5) is 0 Å². The standard InChI is InChI=1S/HNO3.9H2O.Zn/c2-1(3)4;;;;;;;;;;/h(H,2,3,4);9*1H2;. The normalized spacial score (nSPS) is 1.71. The van der Waals surface area contributed by atoms with Crippen LogP contribution in [0.3, 0.4) is 0 Å². The molecule has 0 aromatic heterocycles. The Hall–Kier alpha value is -0.537. The van der Waals surface area contributed by atoms with Gasteiger partial charge in [-0.05, 0) is 0 Å². The number of hydrogen-bond donors (Lipinski definition) is 1. The molecular weight excluding hydrogens is 271 g/mol. The zero-order chi connectivity index (χ0) is 3.58. The van der Waals surface area contributed by atoms with Crippen LogP contribution in [0, 0.1) is 10.1 Å². The molecule has 0 bridgehead atoms. The van der Waals surface area contributed by atoms with Crippen LogP contribution in [0.2, 0.25) is 0 Å². The van der Waals surface area contributed by atoms with E-state index in [1.54, 1.807) is 0 Å². The second-order valence-corrected chi connectivity index (χ2v) is 0.238. The zero-order valence-electron chi connectivity index (χ0n) is 6.92. The van der Waals surface area contributed by atoms with E-state index < -0.39 is 5.09 Å². The zero-order valence-corrected chi connectivity index (χ0v) is 9.89. The maximum Gasteiger partial charge on any atom is 0.291 e. The Labute approximate surface area is 90.0 Å². The van der Waals surface area contributed by atoms with Gasteiger partial charge in [-0.15, -0.1) is 10.1 Å². The van der Waals surface area contributed by atoms with Gasteiger partial charge in [-0.3, -0.25) is 0 Å². The third kappa shape index (κ3) is 4360. The largest absolute Gasteiger partial charge is 0.412 e. The second-order valence-electron chi connectivity index (χ2n) is 0.238. The predicted molar refractivity (Wildman–Crippen MR) is 41.3 cm³/mol. The minimum Gasteiger partial charge on any atom is -0.412 e. The van der Waals surface area contributed by atoms with E-state index in [0.29, 0.717) is 0 Å². The van der Waals surface area contributed by atoms with E-state index in [-0.39, 0.29) is 68.8 Å². The van der Waals surface area contributed by atoms with E-state index in [2.05, 4.69) is 0 Å². The molecule has 0 spiro atoms. The molecule has 98 valence electrons. The van der Waals surface area contributed by atoms with Gasteiger partial charge in [0, 0.05) is 19.5 Å². The van der Waals surface area contributed by atoms with Crippen LogP contribution >= 0.6 is 0 Å². The molecule has 0 radical (unpaired) electrons. The first-order chi connectivity index (χ1) is 1.73. The van der Waals surface area contributed by atoms with E-state index in [9.17, 15) is 0 Å². The van der Waals surface area contributed by atoms with E-state index in [0.717, 1.165) is 0 Å². The van der Waals surface area contributed by atoms with Gasteiger partial charge in [0.2, 0.25) is 0 Å². The van der Waals surface area contributed by atoms with Crippen molar-refractivity contribution in [3.05, 3.63) is 10.1 Å². The number of nitrogens with zero attached hydrogens (tertiary/aromatic N) is 1. The molecule has 0 saturated heterocycles. The van der Waals surface area contributed by atoms with Gasteiger partial charge in [0.15, 0.2) is 0 Å². The summed E-state index contributed by atoms with van der Waals surface area (Å²) in [6.07, 6.45) is 0. The molecule has 19 N–H and O–H groups in total. The summed E-state index contributed by atoms with van der Waals surface area (Å²) in [6, 6.07) is 0. The average Bonchev–Trinajstić information content (AvgIpc) is 0.811. The first-order valence-electron chi connectivity index (χ1n) is 0.565. The van der Waals surface area contributed by atoms with Crippen LogP contribution in [0.1, 0.15) is 0 Å². The number of hydrogen-bond acceptors (Lipinski definition) is 2. The molecule has 0 heterocycles. The summed E-state index contributed by atoms with van der Waals surface area (Å²) in [5.41, 5.74) is 0. The fourth-order valence-electron chi connectivity index (χ4n) is 0. The van der Waals surface area contributed by atoms with Gasteiger partial charge < -0.3 is 54.5 Å². The molecule has 0 rings (SSSR count). The summed E-state index contributed by atoms with van der Waals surface area (Å²) in [4.78, 5) is 8.36. The summed E-state index contributed by atoms with van der Waals surface area (Å²) in [5, 5.41) is 13.6. The molecule has 0 aliphatic carbocycles. The summed E-state index contributed by atoms with van der Waals surface area (Å²) < 4.78 is 0. The van der Waals surface area contributed by atoms with Crippen LogP contribution in [0.15, 0.2) is 0 Å². The van der Waals surface area contributed by atoms with E-state index in [1.807, 2.05) is 0 Å². The van der Waals surface area contributed by atoms with Crippen molar-refractivity contribution in [3.63, 3.8) is 0 Å². The van der Waals surface area contributed by atoms with Gasteiger partial charge in [-0.2, -0.15) is 0 Å². The fourth-order valence-corrected chi connectivity index (χ4v) is 0. The molecule has 0 fully saturated rings. The van der Waals surface area contributed by atoms with Crippen molar-refractivity contribution in [2.45, 2.75) is 0 Å². The summed E-state index contributed by atoms with van der Waals surface area (Å²) in [6.45, 7) is 0. The third-order valence-corrected chi connectivity index (χ3v) is 0. The first kappa shape index (κ1) is 345. The van der Waals surface area contributed by atoms with Crippen LogP contribution < -0.4 is 0 Å². The van der Waals surface area contributed by atoms with Crippen LogP contribution in [-0.2, 0) is 19.5 Å². The summed E-state index contributed by atoms with van der Waals surface area (Å²) in [5.74, 6) is 0. The summed E-state index contributed by atoms with van der Waals surface area (Å²) >= 11 is 0. The molecule has 0 aromatic carbocycles. The fraction of sp³-hybridized carbons (Fsp3) is 0. The van der Waals surface area contributed by atoms with E-state index in [1.165, 1.54) is 0 Å². The molecule has 13 nitrogen and oxygen atoms in total. The second kappa shape index (κ2) is 270. The Morgan fingerprint density at radius 2 is 0.714 bits per heavy atom.